The minimum absolute atomic E-state index is 0.0390. The highest BCUT2D eigenvalue weighted by molar-refractivity contribution is 6.00. The van der Waals surface area contributed by atoms with E-state index in [9.17, 15) is 4.79 Å². The maximum Gasteiger partial charge on any atom is 0.234 e. The van der Waals surface area contributed by atoms with E-state index in [-0.39, 0.29) is 10.4 Å². The van der Waals surface area contributed by atoms with E-state index in [1.165, 1.54) is 6.92 Å². The molecule has 100 valence electrons. The van der Waals surface area contributed by atoms with Crippen LogP contribution in [0.25, 0.3) is 5.70 Å². The zero-order chi connectivity index (χ0) is 14.2. The number of Topliss-reactive ketones (excluding diaryl/α,β-unsaturated/α-hetero) is 1. The molecule has 0 saturated carbocycles. The largest absolute Gasteiger partial charge is 0.293 e. The van der Waals surface area contributed by atoms with Crippen molar-refractivity contribution in [1.29, 1.82) is 0 Å². The summed E-state index contributed by atoms with van der Waals surface area (Å²) in [6, 6.07) is 9.82. The van der Waals surface area contributed by atoms with E-state index >= 15 is 0 Å². The molecule has 1 atom stereocenters. The SMILES string of the molecule is CO[N+]12C=NC(c3ccccc3)=C1C=NC(C(C)=O)=C2. The highest BCUT2D eigenvalue weighted by atomic mass is 16.7. The molecule has 0 N–H and O–H groups in total. The first-order valence-corrected chi connectivity index (χ1v) is 6.24. The summed E-state index contributed by atoms with van der Waals surface area (Å²) in [5, 5.41) is 0. The molecule has 0 bridgehead atoms. The fourth-order valence-electron chi connectivity index (χ4n) is 2.24. The number of quaternary nitrogens is 1. The summed E-state index contributed by atoms with van der Waals surface area (Å²) in [4.78, 5) is 25.7. The first-order valence-electron chi connectivity index (χ1n) is 6.24. The Morgan fingerprint density at radius 2 is 1.95 bits per heavy atom. The zero-order valence-corrected chi connectivity index (χ0v) is 11.3. The third-order valence-electron chi connectivity index (χ3n) is 3.33. The van der Waals surface area contributed by atoms with Crippen LogP contribution in [0.5, 0.6) is 0 Å². The third-order valence-corrected chi connectivity index (χ3v) is 3.33. The minimum atomic E-state index is -0.101. The predicted octanol–water partition coefficient (Wildman–Crippen LogP) is 2.29. The Balaban J connectivity index is 2.14. The smallest absolute Gasteiger partial charge is 0.234 e. The van der Waals surface area contributed by atoms with Crippen LogP contribution in [0.3, 0.4) is 0 Å². The van der Waals surface area contributed by atoms with Crippen molar-refractivity contribution in [2.75, 3.05) is 7.11 Å². The number of hydrogen-bond donors (Lipinski definition) is 0. The number of nitrogens with zero attached hydrogens (tertiary/aromatic N) is 3. The van der Waals surface area contributed by atoms with Gasteiger partial charge in [0.1, 0.15) is 5.70 Å². The van der Waals surface area contributed by atoms with E-state index in [1.807, 2.05) is 30.3 Å². The maximum atomic E-state index is 11.5. The summed E-state index contributed by atoms with van der Waals surface area (Å²) in [5.74, 6) is -0.101. The molecule has 1 unspecified atom stereocenters. The first-order chi connectivity index (χ1) is 9.66. The zero-order valence-electron chi connectivity index (χ0n) is 11.3. The van der Waals surface area contributed by atoms with Gasteiger partial charge in [-0.1, -0.05) is 35.0 Å². The number of fused-ring (bicyclic) bond motifs is 1. The molecule has 0 saturated heterocycles. The Morgan fingerprint density at radius 1 is 1.20 bits per heavy atom. The Hall–Kier alpha value is -2.37. The van der Waals surface area contributed by atoms with E-state index in [1.54, 1.807) is 25.9 Å². The average molecular weight is 268 g/mol. The van der Waals surface area contributed by atoms with Crippen molar-refractivity contribution in [3.05, 3.63) is 53.5 Å². The van der Waals surface area contributed by atoms with Crippen molar-refractivity contribution >= 4 is 24.0 Å². The van der Waals surface area contributed by atoms with Crippen LogP contribution in [0.1, 0.15) is 12.5 Å². The van der Waals surface area contributed by atoms with Gasteiger partial charge in [-0.05, 0) is 0 Å². The monoisotopic (exact) mass is 268 g/mol. The average Bonchev–Trinajstić information content (AvgIpc) is 2.87. The van der Waals surface area contributed by atoms with Gasteiger partial charge in [0.05, 0.1) is 13.3 Å². The normalized spacial score (nSPS) is 23.8. The number of rotatable bonds is 3. The highest BCUT2D eigenvalue weighted by Gasteiger charge is 2.42. The van der Waals surface area contributed by atoms with Crippen LogP contribution in [0.2, 0.25) is 0 Å². The van der Waals surface area contributed by atoms with Crippen LogP contribution in [0.4, 0.5) is 0 Å². The molecule has 0 spiro atoms. The lowest BCUT2D eigenvalue weighted by Gasteiger charge is -2.24. The number of allylic oxidation sites excluding steroid dienone is 2. The molecule has 2 heterocycles. The fraction of sp³-hybridized carbons (Fsp3) is 0.133. The van der Waals surface area contributed by atoms with Gasteiger partial charge in [0, 0.05) is 12.5 Å². The molecule has 5 nitrogen and oxygen atoms in total. The summed E-state index contributed by atoms with van der Waals surface area (Å²) >= 11 is 0. The van der Waals surface area contributed by atoms with Crippen molar-refractivity contribution in [2.24, 2.45) is 9.98 Å². The second-order valence-corrected chi connectivity index (χ2v) is 4.57. The highest BCUT2D eigenvalue weighted by Crippen LogP contribution is 2.35. The number of ketones is 1. The Morgan fingerprint density at radius 3 is 2.60 bits per heavy atom. The van der Waals surface area contributed by atoms with Gasteiger partial charge >= 0.3 is 0 Å². The van der Waals surface area contributed by atoms with Crippen LogP contribution in [-0.4, -0.2) is 30.1 Å². The molecular formula is C15H14N3O2+. The maximum absolute atomic E-state index is 11.5. The summed E-state index contributed by atoms with van der Waals surface area (Å²) in [6.45, 7) is 1.48. The van der Waals surface area contributed by atoms with Gasteiger partial charge < -0.3 is 0 Å². The van der Waals surface area contributed by atoms with Crippen LogP contribution in [0, 0.1) is 0 Å². The Bertz CT molecular complexity index is 686. The second-order valence-electron chi connectivity index (χ2n) is 4.57. The number of hydroxylamine groups is 3. The molecule has 2 aliphatic heterocycles. The molecule has 2 aliphatic rings. The quantitative estimate of drug-likeness (QED) is 0.790. The standard InChI is InChI=1S/C15H14N3O2/c1-11(19)13-9-18(20-2)10-17-15(14(18)8-16-13)12-6-4-3-5-7-12/h3-10H,1-2H3/q+1. The lowest BCUT2D eigenvalue weighted by molar-refractivity contribution is -0.947. The molecular weight excluding hydrogens is 254 g/mol. The number of carbonyl (C=O) groups is 1. The lowest BCUT2D eigenvalue weighted by atomic mass is 10.1. The summed E-state index contributed by atoms with van der Waals surface area (Å²) in [5.41, 5.74) is 2.96. The van der Waals surface area contributed by atoms with E-state index in [4.69, 9.17) is 4.84 Å². The van der Waals surface area contributed by atoms with Crippen LogP contribution < -0.4 is 0 Å². The van der Waals surface area contributed by atoms with Crippen LogP contribution >= 0.6 is 0 Å². The number of carbonyl (C=O) groups excluding carboxylic acids is 1. The number of benzene rings is 1. The Labute approximate surface area is 116 Å². The lowest BCUT2D eigenvalue weighted by Crippen LogP contribution is -2.40. The van der Waals surface area contributed by atoms with Gasteiger partial charge in [0.25, 0.3) is 0 Å². The molecule has 3 rings (SSSR count). The minimum Gasteiger partial charge on any atom is -0.293 e. The van der Waals surface area contributed by atoms with Crippen molar-refractivity contribution in [2.45, 2.75) is 6.92 Å². The predicted molar refractivity (Wildman–Crippen MR) is 76.4 cm³/mol. The summed E-state index contributed by atoms with van der Waals surface area (Å²) < 4.78 is -0.0390. The third kappa shape index (κ3) is 1.84. The van der Waals surface area contributed by atoms with Gasteiger partial charge in [0.2, 0.25) is 12.0 Å². The molecule has 0 aromatic heterocycles. The van der Waals surface area contributed by atoms with Crippen molar-refractivity contribution < 1.29 is 14.3 Å². The first kappa shape index (κ1) is 12.7. The van der Waals surface area contributed by atoms with Gasteiger partial charge in [-0.25, -0.2) is 4.99 Å². The molecule has 1 aromatic carbocycles. The van der Waals surface area contributed by atoms with Crippen molar-refractivity contribution in [3.8, 4) is 0 Å². The van der Waals surface area contributed by atoms with E-state index in [0.29, 0.717) is 5.70 Å². The van der Waals surface area contributed by atoms with Crippen LogP contribution in [-0.2, 0) is 9.63 Å². The molecule has 0 radical (unpaired) electrons. The van der Waals surface area contributed by atoms with Gasteiger partial charge in [-0.2, -0.15) is 9.83 Å². The van der Waals surface area contributed by atoms with E-state index in [0.717, 1.165) is 17.0 Å². The molecule has 0 aliphatic carbocycles. The molecule has 0 amide bonds. The molecule has 0 fully saturated rings. The summed E-state index contributed by atoms with van der Waals surface area (Å²) in [6.07, 6.45) is 4.97. The number of aliphatic imine (C=N–C) groups is 2. The number of hydrogen-bond acceptors (Lipinski definition) is 4. The van der Waals surface area contributed by atoms with E-state index in [2.05, 4.69) is 9.98 Å². The molecule has 5 heteroatoms. The molecule has 1 aromatic rings. The van der Waals surface area contributed by atoms with E-state index < -0.39 is 0 Å². The topological polar surface area (TPSA) is 51.0 Å². The molecule has 20 heavy (non-hydrogen) atoms. The van der Waals surface area contributed by atoms with Crippen molar-refractivity contribution in [1.82, 2.24) is 0 Å². The Kier molecular flexibility index (Phi) is 2.93. The van der Waals surface area contributed by atoms with Crippen LogP contribution in [0.15, 0.2) is 57.9 Å². The van der Waals surface area contributed by atoms with Gasteiger partial charge in [-0.15, -0.1) is 0 Å². The second kappa shape index (κ2) is 4.63. The summed E-state index contributed by atoms with van der Waals surface area (Å²) in [7, 11) is 1.58. The van der Waals surface area contributed by atoms with Crippen molar-refractivity contribution in [3.63, 3.8) is 0 Å². The fourth-order valence-corrected chi connectivity index (χ4v) is 2.24. The van der Waals surface area contributed by atoms with Gasteiger partial charge in [-0.3, -0.25) is 4.79 Å². The van der Waals surface area contributed by atoms with Gasteiger partial charge in [0.15, 0.2) is 17.7 Å².